The lowest BCUT2D eigenvalue weighted by atomic mass is 9.99. The van der Waals surface area contributed by atoms with Gasteiger partial charge in [-0.15, -0.1) is 0 Å². The van der Waals surface area contributed by atoms with Crippen LogP contribution in [0, 0.1) is 0 Å². The molecule has 4 nitrogen and oxygen atoms in total. The molecule has 1 atom stereocenters. The summed E-state index contributed by atoms with van der Waals surface area (Å²) in [6.45, 7) is 5.10. The zero-order valence-electron chi connectivity index (χ0n) is 9.91. The monoisotopic (exact) mass is 216 g/mol. The van der Waals surface area contributed by atoms with Crippen LogP contribution in [0.5, 0.6) is 0 Å². The second-order valence-electron chi connectivity index (χ2n) is 4.84. The predicted molar refractivity (Wildman–Crippen MR) is 60.8 cm³/mol. The van der Waals surface area contributed by atoms with Crippen LogP contribution in [-0.2, 0) is 4.74 Å². The molecular formula is C11H24N2O2. The Morgan fingerprint density at radius 1 is 1.47 bits per heavy atom. The largest absolute Gasteiger partial charge is 0.394 e. The first kappa shape index (κ1) is 12.9. The Kier molecular flexibility index (Phi) is 4.99. The third-order valence-corrected chi connectivity index (χ3v) is 3.23. The smallest absolute Gasteiger partial charge is 0.0608 e. The van der Waals surface area contributed by atoms with Crippen molar-refractivity contribution in [1.82, 2.24) is 4.90 Å². The highest BCUT2D eigenvalue weighted by atomic mass is 16.5. The Morgan fingerprint density at radius 3 is 2.53 bits per heavy atom. The first-order valence-corrected chi connectivity index (χ1v) is 5.72. The van der Waals surface area contributed by atoms with Crippen molar-refractivity contribution < 1.29 is 9.84 Å². The van der Waals surface area contributed by atoms with E-state index in [1.165, 1.54) is 0 Å². The molecule has 90 valence electrons. The van der Waals surface area contributed by atoms with Crippen LogP contribution in [0.1, 0.15) is 26.2 Å². The standard InChI is InChI=1S/C11H24N2O2/c1-11(12,9-14)5-8-13-6-3-10(15-2)4-7-13/h10,14H,3-9,12H2,1-2H3. The molecule has 0 radical (unpaired) electrons. The molecule has 0 aromatic heterocycles. The van der Waals surface area contributed by atoms with Crippen molar-refractivity contribution in [2.45, 2.75) is 37.8 Å². The van der Waals surface area contributed by atoms with E-state index in [1.54, 1.807) is 7.11 Å². The van der Waals surface area contributed by atoms with E-state index in [0.29, 0.717) is 6.10 Å². The number of hydrogen-bond donors (Lipinski definition) is 2. The van der Waals surface area contributed by atoms with E-state index in [4.69, 9.17) is 15.6 Å². The lowest BCUT2D eigenvalue weighted by molar-refractivity contribution is 0.0381. The van der Waals surface area contributed by atoms with Gasteiger partial charge in [0.25, 0.3) is 0 Å². The number of methoxy groups -OCH3 is 1. The minimum Gasteiger partial charge on any atom is -0.394 e. The van der Waals surface area contributed by atoms with E-state index in [2.05, 4.69) is 4.90 Å². The second kappa shape index (κ2) is 5.80. The molecule has 3 N–H and O–H groups in total. The van der Waals surface area contributed by atoms with Gasteiger partial charge in [-0.25, -0.2) is 0 Å². The second-order valence-corrected chi connectivity index (χ2v) is 4.84. The van der Waals surface area contributed by atoms with Crippen molar-refractivity contribution in [3.8, 4) is 0 Å². The molecule has 0 aliphatic carbocycles. The van der Waals surface area contributed by atoms with Crippen LogP contribution in [0.4, 0.5) is 0 Å². The van der Waals surface area contributed by atoms with Gasteiger partial charge in [-0.2, -0.15) is 0 Å². The summed E-state index contributed by atoms with van der Waals surface area (Å²) in [7, 11) is 1.78. The number of aliphatic hydroxyl groups is 1. The van der Waals surface area contributed by atoms with Gasteiger partial charge in [0.2, 0.25) is 0 Å². The average Bonchev–Trinajstić information content (AvgIpc) is 2.27. The lowest BCUT2D eigenvalue weighted by Gasteiger charge is -2.33. The Balaban J connectivity index is 2.19. The normalized spacial score (nSPS) is 24.0. The number of ether oxygens (including phenoxy) is 1. The molecule has 0 bridgehead atoms. The molecule has 1 saturated heterocycles. The van der Waals surface area contributed by atoms with Gasteiger partial charge in [-0.3, -0.25) is 0 Å². The molecule has 15 heavy (non-hydrogen) atoms. The summed E-state index contributed by atoms with van der Waals surface area (Å²) in [6, 6.07) is 0. The molecule has 0 aromatic carbocycles. The van der Waals surface area contributed by atoms with Crippen molar-refractivity contribution in [2.75, 3.05) is 33.4 Å². The molecule has 0 saturated carbocycles. The van der Waals surface area contributed by atoms with Gasteiger partial charge in [0.05, 0.1) is 12.7 Å². The summed E-state index contributed by atoms with van der Waals surface area (Å²) < 4.78 is 5.31. The molecular weight excluding hydrogens is 192 g/mol. The Labute approximate surface area is 92.4 Å². The van der Waals surface area contributed by atoms with Crippen LogP contribution in [0.3, 0.4) is 0 Å². The van der Waals surface area contributed by atoms with E-state index < -0.39 is 5.54 Å². The lowest BCUT2D eigenvalue weighted by Crippen LogP contribution is -2.45. The van der Waals surface area contributed by atoms with Crippen LogP contribution in [-0.4, -0.2) is 55.0 Å². The molecule has 1 aliphatic heterocycles. The first-order chi connectivity index (χ1) is 7.07. The van der Waals surface area contributed by atoms with Crippen LogP contribution in [0.2, 0.25) is 0 Å². The molecule has 1 fully saturated rings. The number of likely N-dealkylation sites (tertiary alicyclic amines) is 1. The quantitative estimate of drug-likeness (QED) is 0.689. The summed E-state index contributed by atoms with van der Waals surface area (Å²) in [5, 5.41) is 9.04. The number of nitrogens with two attached hydrogens (primary N) is 1. The Bertz CT molecular complexity index is 177. The van der Waals surface area contributed by atoms with Crippen LogP contribution in [0.15, 0.2) is 0 Å². The topological polar surface area (TPSA) is 58.7 Å². The van der Waals surface area contributed by atoms with E-state index in [0.717, 1.165) is 38.9 Å². The summed E-state index contributed by atoms with van der Waals surface area (Å²) >= 11 is 0. The summed E-state index contributed by atoms with van der Waals surface area (Å²) in [5.74, 6) is 0. The minimum atomic E-state index is -0.432. The molecule has 1 heterocycles. The fourth-order valence-electron chi connectivity index (χ4n) is 1.86. The van der Waals surface area contributed by atoms with Gasteiger partial charge in [0.1, 0.15) is 0 Å². The molecule has 0 aromatic rings. The molecule has 0 amide bonds. The number of piperidine rings is 1. The van der Waals surface area contributed by atoms with Gasteiger partial charge < -0.3 is 20.5 Å². The van der Waals surface area contributed by atoms with E-state index in [-0.39, 0.29) is 6.61 Å². The van der Waals surface area contributed by atoms with Crippen molar-refractivity contribution in [1.29, 1.82) is 0 Å². The summed E-state index contributed by atoms with van der Waals surface area (Å²) in [4.78, 5) is 2.40. The van der Waals surface area contributed by atoms with Crippen molar-refractivity contribution in [3.63, 3.8) is 0 Å². The third-order valence-electron chi connectivity index (χ3n) is 3.23. The van der Waals surface area contributed by atoms with Crippen molar-refractivity contribution in [2.24, 2.45) is 5.73 Å². The van der Waals surface area contributed by atoms with Crippen molar-refractivity contribution >= 4 is 0 Å². The van der Waals surface area contributed by atoms with E-state index >= 15 is 0 Å². The van der Waals surface area contributed by atoms with Crippen LogP contribution < -0.4 is 5.73 Å². The molecule has 1 rings (SSSR count). The van der Waals surface area contributed by atoms with Crippen LogP contribution in [0.25, 0.3) is 0 Å². The third kappa shape index (κ3) is 4.47. The maximum absolute atomic E-state index is 9.04. The van der Waals surface area contributed by atoms with E-state index in [1.807, 2.05) is 6.92 Å². The predicted octanol–water partition coefficient (Wildman–Crippen LogP) is 0.197. The molecule has 0 spiro atoms. The summed E-state index contributed by atoms with van der Waals surface area (Å²) in [6.07, 6.45) is 3.50. The molecule has 1 unspecified atom stereocenters. The molecule has 1 aliphatic rings. The highest BCUT2D eigenvalue weighted by Crippen LogP contribution is 2.14. The first-order valence-electron chi connectivity index (χ1n) is 5.72. The number of aliphatic hydroxyl groups excluding tert-OH is 1. The number of rotatable bonds is 5. The number of hydrogen-bond acceptors (Lipinski definition) is 4. The fourth-order valence-corrected chi connectivity index (χ4v) is 1.86. The van der Waals surface area contributed by atoms with Gasteiger partial charge in [-0.1, -0.05) is 0 Å². The van der Waals surface area contributed by atoms with Crippen LogP contribution >= 0.6 is 0 Å². The average molecular weight is 216 g/mol. The number of nitrogens with zero attached hydrogens (tertiary/aromatic N) is 1. The maximum atomic E-state index is 9.04. The van der Waals surface area contributed by atoms with Gasteiger partial charge >= 0.3 is 0 Å². The highest BCUT2D eigenvalue weighted by Gasteiger charge is 2.22. The SMILES string of the molecule is COC1CCN(CCC(C)(N)CO)CC1. The van der Waals surface area contributed by atoms with Gasteiger partial charge in [-0.05, 0) is 32.7 Å². The Morgan fingerprint density at radius 2 is 2.07 bits per heavy atom. The zero-order chi connectivity index (χ0) is 11.3. The fraction of sp³-hybridized carbons (Fsp3) is 1.00. The molecule has 4 heteroatoms. The van der Waals surface area contributed by atoms with Gasteiger partial charge in [0.15, 0.2) is 0 Å². The van der Waals surface area contributed by atoms with E-state index in [9.17, 15) is 0 Å². The zero-order valence-corrected chi connectivity index (χ0v) is 9.91. The van der Waals surface area contributed by atoms with Crippen molar-refractivity contribution in [3.05, 3.63) is 0 Å². The Hall–Kier alpha value is -0.160. The maximum Gasteiger partial charge on any atom is 0.0608 e. The summed E-state index contributed by atoms with van der Waals surface area (Å²) in [5.41, 5.74) is 5.45. The minimum absolute atomic E-state index is 0.0571. The highest BCUT2D eigenvalue weighted by molar-refractivity contribution is 4.80. The van der Waals surface area contributed by atoms with Gasteiger partial charge in [0, 0.05) is 25.7 Å².